The topological polar surface area (TPSA) is 127 Å². The smallest absolute Gasteiger partial charge is 0.291 e. The van der Waals surface area contributed by atoms with Crippen molar-refractivity contribution in [1.29, 1.82) is 0 Å². The number of benzene rings is 2. The molecule has 3 aromatic rings. The Morgan fingerprint density at radius 3 is 2.69 bits per heavy atom. The molecule has 0 fully saturated rings. The number of nitrogens with one attached hydrogen (secondary N) is 2. The van der Waals surface area contributed by atoms with Crippen molar-refractivity contribution in [3.63, 3.8) is 0 Å². The number of carbonyl (C=O) groups excluding carboxylic acids is 2. The van der Waals surface area contributed by atoms with Crippen LogP contribution in [0.1, 0.15) is 33.7 Å². The van der Waals surface area contributed by atoms with Gasteiger partial charge in [-0.3, -0.25) is 14.6 Å². The van der Waals surface area contributed by atoms with Gasteiger partial charge in [-0.2, -0.15) is 0 Å². The van der Waals surface area contributed by atoms with Crippen molar-refractivity contribution in [3.05, 3.63) is 89.0 Å². The number of rotatable bonds is 10. The third-order valence-electron chi connectivity index (χ3n) is 6.63. The Morgan fingerprint density at radius 2 is 1.93 bits per heavy atom. The number of phenols is 1. The first-order valence-electron chi connectivity index (χ1n) is 13.4. The predicted octanol–water partition coefficient (Wildman–Crippen LogP) is 4.35. The van der Waals surface area contributed by atoms with E-state index in [0.717, 1.165) is 18.5 Å². The van der Waals surface area contributed by atoms with Gasteiger partial charge in [0.2, 0.25) is 0 Å². The molecule has 1 aromatic heterocycles. The van der Waals surface area contributed by atoms with E-state index < -0.39 is 11.8 Å². The van der Waals surface area contributed by atoms with Gasteiger partial charge in [-0.15, -0.1) is 0 Å². The normalized spacial score (nSPS) is 14.2. The van der Waals surface area contributed by atoms with E-state index >= 15 is 0 Å². The Hall–Kier alpha value is -4.56. The standard InChI is InChI=1S/C32H32N4O5S/c1-21-13-17-41-29(21)32(40)34-25-9-3-6-22(18-25)11-12-24-19-33-20-26(30(24)42)31(39)35-27-10-4-7-23(28(27)38)8-5-14-36(2)15-16-37/h3-4,6-7,9-10,13,17-20,24,37-38H,5,8,14-16H2,1-2H3,(H,34,40)(H,35,39)/t24-/m0/s1. The van der Waals surface area contributed by atoms with E-state index in [-0.39, 0.29) is 35.3 Å². The minimum absolute atomic E-state index is 0.00649. The van der Waals surface area contributed by atoms with E-state index in [4.69, 9.17) is 21.7 Å². The molecule has 0 bridgehead atoms. The van der Waals surface area contributed by atoms with Gasteiger partial charge in [-0.05, 0) is 69.3 Å². The number of amides is 2. The van der Waals surface area contributed by atoms with Gasteiger partial charge >= 0.3 is 0 Å². The van der Waals surface area contributed by atoms with Crippen LogP contribution in [0.15, 0.2) is 76.0 Å². The van der Waals surface area contributed by atoms with Gasteiger partial charge in [0.05, 0.1) is 30.0 Å². The van der Waals surface area contributed by atoms with Crippen molar-refractivity contribution >= 4 is 46.5 Å². The van der Waals surface area contributed by atoms with E-state index in [1.54, 1.807) is 55.6 Å². The summed E-state index contributed by atoms with van der Waals surface area (Å²) in [4.78, 5) is 32.1. The fraction of sp³-hybridized carbons (Fsp3) is 0.250. The molecule has 1 aliphatic rings. The second kappa shape index (κ2) is 14.4. The van der Waals surface area contributed by atoms with Gasteiger partial charge in [0.25, 0.3) is 11.8 Å². The summed E-state index contributed by atoms with van der Waals surface area (Å²) in [5, 5.41) is 25.4. The fourth-order valence-electron chi connectivity index (χ4n) is 4.31. The van der Waals surface area contributed by atoms with Crippen LogP contribution in [0.3, 0.4) is 0 Å². The first-order valence-corrected chi connectivity index (χ1v) is 13.8. The van der Waals surface area contributed by atoms with E-state index in [1.807, 2.05) is 18.0 Å². The highest BCUT2D eigenvalue weighted by Crippen LogP contribution is 2.29. The first-order chi connectivity index (χ1) is 20.3. The van der Waals surface area contributed by atoms with Crippen molar-refractivity contribution in [2.45, 2.75) is 19.8 Å². The summed E-state index contributed by atoms with van der Waals surface area (Å²) >= 11 is 5.58. The number of anilines is 2. The van der Waals surface area contributed by atoms with Gasteiger partial charge in [0.15, 0.2) is 5.76 Å². The average molecular weight is 585 g/mol. The lowest BCUT2D eigenvalue weighted by molar-refractivity contribution is -0.112. The summed E-state index contributed by atoms with van der Waals surface area (Å²) in [6, 6.07) is 14.0. The Bertz CT molecular complexity index is 1600. The maximum Gasteiger partial charge on any atom is 0.291 e. The molecule has 216 valence electrons. The summed E-state index contributed by atoms with van der Waals surface area (Å²) in [5.74, 6) is 4.93. The van der Waals surface area contributed by atoms with Crippen LogP contribution in [0.25, 0.3) is 0 Å². The second-order valence-electron chi connectivity index (χ2n) is 9.82. The summed E-state index contributed by atoms with van der Waals surface area (Å²) in [5.41, 5.74) is 3.13. The number of hydrogen-bond donors (Lipinski definition) is 4. The molecular formula is C32H32N4O5S. The zero-order valence-corrected chi connectivity index (χ0v) is 24.2. The van der Waals surface area contributed by atoms with Crippen LogP contribution in [0.4, 0.5) is 11.4 Å². The number of phenolic OH excluding ortho intramolecular Hbond substituents is 1. The van der Waals surface area contributed by atoms with Crippen LogP contribution in [0.2, 0.25) is 0 Å². The van der Waals surface area contributed by atoms with Crippen LogP contribution in [0.5, 0.6) is 5.75 Å². The van der Waals surface area contributed by atoms with Crippen LogP contribution < -0.4 is 10.6 Å². The molecule has 0 saturated heterocycles. The summed E-state index contributed by atoms with van der Waals surface area (Å²) in [7, 11) is 1.93. The van der Waals surface area contributed by atoms with Gasteiger partial charge < -0.3 is 30.2 Å². The SMILES string of the molecule is Cc1ccoc1C(=O)Nc1cccc(C#C[C@H]2C=NC=C(C(=O)Nc3cccc(CCCN(C)CCO)c3O)C2=S)c1. The van der Waals surface area contributed by atoms with Crippen LogP contribution in [-0.4, -0.2) is 64.8 Å². The Kier molecular flexibility index (Phi) is 10.4. The van der Waals surface area contributed by atoms with Crippen molar-refractivity contribution < 1.29 is 24.2 Å². The maximum absolute atomic E-state index is 13.1. The molecule has 1 atom stereocenters. The number of aromatic hydroxyl groups is 1. The number of aliphatic hydroxyl groups excluding tert-OH is 1. The van der Waals surface area contributed by atoms with Crippen LogP contribution in [0, 0.1) is 24.7 Å². The van der Waals surface area contributed by atoms with Gasteiger partial charge in [-0.1, -0.05) is 42.3 Å². The molecule has 1 aliphatic heterocycles. The predicted molar refractivity (Wildman–Crippen MR) is 167 cm³/mol. The average Bonchev–Trinajstić information content (AvgIpc) is 3.40. The number of hydrogen-bond acceptors (Lipinski definition) is 8. The molecule has 42 heavy (non-hydrogen) atoms. The highest BCUT2D eigenvalue weighted by molar-refractivity contribution is 7.81. The molecule has 2 amide bonds. The number of aliphatic imine (C=N–C) groups is 1. The Balaban J connectivity index is 1.39. The third kappa shape index (κ3) is 7.79. The monoisotopic (exact) mass is 584 g/mol. The fourth-order valence-corrected chi connectivity index (χ4v) is 4.58. The molecule has 0 unspecified atom stereocenters. The molecule has 0 saturated carbocycles. The number of likely N-dealkylation sites (N-methyl/N-ethyl adjacent to an activating group) is 1. The molecule has 2 aromatic carbocycles. The van der Waals surface area contributed by atoms with Crippen molar-refractivity contribution in [1.82, 2.24) is 4.90 Å². The molecular weight excluding hydrogens is 552 g/mol. The number of furan rings is 1. The number of thiocarbonyl (C=S) groups is 1. The van der Waals surface area contributed by atoms with Crippen LogP contribution in [-0.2, 0) is 11.2 Å². The number of aryl methyl sites for hydroxylation is 2. The lowest BCUT2D eigenvalue weighted by atomic mass is 9.97. The molecule has 0 radical (unpaired) electrons. The molecule has 9 nitrogen and oxygen atoms in total. The second-order valence-corrected chi connectivity index (χ2v) is 10.3. The van der Waals surface area contributed by atoms with E-state index in [9.17, 15) is 14.7 Å². The third-order valence-corrected chi connectivity index (χ3v) is 7.10. The highest BCUT2D eigenvalue weighted by Gasteiger charge is 2.24. The number of aliphatic hydroxyl groups is 1. The zero-order chi connectivity index (χ0) is 30.1. The van der Waals surface area contributed by atoms with E-state index in [1.165, 1.54) is 12.5 Å². The molecule has 4 N–H and O–H groups in total. The van der Waals surface area contributed by atoms with Crippen molar-refractivity contribution in [3.8, 4) is 17.6 Å². The maximum atomic E-state index is 13.1. The van der Waals surface area contributed by atoms with E-state index in [0.29, 0.717) is 34.6 Å². The van der Waals surface area contributed by atoms with Gasteiger partial charge in [0, 0.05) is 40.6 Å². The lowest BCUT2D eigenvalue weighted by Crippen LogP contribution is -2.26. The molecule has 0 aliphatic carbocycles. The first kappa shape index (κ1) is 30.4. The minimum Gasteiger partial charge on any atom is -0.505 e. The molecule has 0 spiro atoms. The largest absolute Gasteiger partial charge is 0.505 e. The highest BCUT2D eigenvalue weighted by atomic mass is 32.1. The quantitative estimate of drug-likeness (QED) is 0.159. The molecule has 4 rings (SSSR count). The minimum atomic E-state index is -0.578. The molecule has 2 heterocycles. The van der Waals surface area contributed by atoms with Gasteiger partial charge in [-0.25, -0.2) is 0 Å². The number of para-hydroxylation sites is 1. The Labute approximate surface area is 250 Å². The number of nitrogens with zero attached hydrogens (tertiary/aromatic N) is 2. The Morgan fingerprint density at radius 1 is 1.12 bits per heavy atom. The summed E-state index contributed by atoms with van der Waals surface area (Å²) in [6.45, 7) is 3.24. The van der Waals surface area contributed by atoms with Crippen molar-refractivity contribution in [2.75, 3.05) is 37.4 Å². The number of carbonyl (C=O) groups is 2. The van der Waals surface area contributed by atoms with E-state index in [2.05, 4.69) is 27.5 Å². The molecule has 10 heteroatoms. The summed E-state index contributed by atoms with van der Waals surface area (Å²) < 4.78 is 5.25. The lowest BCUT2D eigenvalue weighted by Gasteiger charge is -2.17. The van der Waals surface area contributed by atoms with Crippen molar-refractivity contribution in [2.24, 2.45) is 10.9 Å². The summed E-state index contributed by atoms with van der Waals surface area (Å²) in [6.07, 6.45) is 5.82. The van der Waals surface area contributed by atoms with Gasteiger partial charge in [0.1, 0.15) is 5.75 Å². The zero-order valence-electron chi connectivity index (χ0n) is 23.4. The van der Waals surface area contributed by atoms with Crippen LogP contribution >= 0.6 is 12.2 Å².